The fraction of sp³-hybridized carbons (Fsp3) is 1.00. The Kier molecular flexibility index (Phi) is 4.67. The Labute approximate surface area is 110 Å². The molecule has 0 amide bonds. The maximum absolute atomic E-state index is 11.1. The van der Waals surface area contributed by atoms with Crippen LogP contribution in [0, 0.1) is 0 Å². The molecule has 5 heteroatoms. The second kappa shape index (κ2) is 5.88. The predicted molar refractivity (Wildman–Crippen MR) is 72.5 cm³/mol. The van der Waals surface area contributed by atoms with Gasteiger partial charge >= 0.3 is 0 Å². The first-order valence-corrected chi connectivity index (χ1v) is 9.10. The van der Waals surface area contributed by atoms with Gasteiger partial charge in [-0.25, -0.2) is 8.42 Å². The molecule has 0 aromatic rings. The summed E-state index contributed by atoms with van der Waals surface area (Å²) in [4.78, 5) is 0. The Morgan fingerprint density at radius 1 is 1.28 bits per heavy atom. The van der Waals surface area contributed by atoms with Crippen LogP contribution in [-0.4, -0.2) is 45.2 Å². The van der Waals surface area contributed by atoms with Crippen molar-refractivity contribution in [2.75, 3.05) is 25.2 Å². The molecular formula is C13H25NO3S. The largest absolute Gasteiger partial charge is 0.375 e. The van der Waals surface area contributed by atoms with E-state index in [-0.39, 0.29) is 11.4 Å². The molecule has 1 unspecified atom stereocenters. The quantitative estimate of drug-likeness (QED) is 0.845. The van der Waals surface area contributed by atoms with Gasteiger partial charge in [0.2, 0.25) is 0 Å². The highest BCUT2D eigenvalue weighted by molar-refractivity contribution is 7.90. The first-order valence-electron chi connectivity index (χ1n) is 7.04. The summed E-state index contributed by atoms with van der Waals surface area (Å²) in [6, 6.07) is 0.429. The number of hydrogen-bond acceptors (Lipinski definition) is 4. The molecule has 18 heavy (non-hydrogen) atoms. The maximum Gasteiger partial charge on any atom is 0.148 e. The second-order valence-electron chi connectivity index (χ2n) is 5.87. The van der Waals surface area contributed by atoms with Gasteiger partial charge in [-0.05, 0) is 25.7 Å². The highest BCUT2D eigenvalue weighted by Gasteiger charge is 2.38. The van der Waals surface area contributed by atoms with Gasteiger partial charge in [-0.3, -0.25) is 0 Å². The zero-order valence-corrected chi connectivity index (χ0v) is 12.1. The summed E-state index contributed by atoms with van der Waals surface area (Å²) < 4.78 is 28.2. The lowest BCUT2D eigenvalue weighted by molar-refractivity contribution is -0.108. The van der Waals surface area contributed by atoms with Crippen LogP contribution in [0.2, 0.25) is 0 Å². The van der Waals surface area contributed by atoms with Crippen molar-refractivity contribution in [3.8, 4) is 0 Å². The Morgan fingerprint density at radius 3 is 2.67 bits per heavy atom. The Balaban J connectivity index is 1.79. The maximum atomic E-state index is 11.1. The topological polar surface area (TPSA) is 55.4 Å². The molecule has 2 rings (SSSR count). The van der Waals surface area contributed by atoms with Crippen molar-refractivity contribution in [3.05, 3.63) is 0 Å². The summed E-state index contributed by atoms with van der Waals surface area (Å²) in [5.74, 6) is 0.233. The molecule has 1 saturated carbocycles. The molecule has 2 aliphatic rings. The summed E-state index contributed by atoms with van der Waals surface area (Å²) in [6.07, 6.45) is 9.58. The number of nitrogens with one attached hydrogen (secondary N) is 1. The highest BCUT2D eigenvalue weighted by atomic mass is 32.2. The predicted octanol–water partition coefficient (Wildman–Crippen LogP) is 1.50. The molecule has 4 nitrogen and oxygen atoms in total. The molecule has 0 radical (unpaired) electrons. The van der Waals surface area contributed by atoms with Crippen molar-refractivity contribution >= 4 is 9.84 Å². The average molecular weight is 275 g/mol. The summed E-state index contributed by atoms with van der Waals surface area (Å²) >= 11 is 0. The third kappa shape index (κ3) is 4.21. The zero-order valence-electron chi connectivity index (χ0n) is 11.3. The van der Waals surface area contributed by atoms with Crippen molar-refractivity contribution in [2.24, 2.45) is 0 Å². The normalized spacial score (nSPS) is 28.4. The summed E-state index contributed by atoms with van der Waals surface area (Å²) in [6.45, 7) is 1.39. The van der Waals surface area contributed by atoms with Crippen LogP contribution >= 0.6 is 0 Å². The van der Waals surface area contributed by atoms with Crippen LogP contribution in [0.5, 0.6) is 0 Å². The van der Waals surface area contributed by atoms with E-state index in [9.17, 15) is 8.42 Å². The first-order chi connectivity index (χ1) is 8.49. The summed E-state index contributed by atoms with van der Waals surface area (Å²) in [5.41, 5.74) is 0.0965. The molecule has 0 bridgehead atoms. The molecule has 0 aromatic carbocycles. The standard InChI is InChI=1S/C13H25NO3S/c1-18(15,16)10-8-14-12-5-9-17-13(11-12)6-3-2-4-7-13/h12,14H,2-11H2,1H3. The van der Waals surface area contributed by atoms with Gasteiger partial charge in [0.1, 0.15) is 9.84 Å². The molecule has 2 fully saturated rings. The molecule has 1 saturated heterocycles. The van der Waals surface area contributed by atoms with Crippen LogP contribution in [0.3, 0.4) is 0 Å². The van der Waals surface area contributed by atoms with E-state index in [1.165, 1.54) is 38.4 Å². The molecule has 1 atom stereocenters. The lowest BCUT2D eigenvalue weighted by atomic mass is 9.78. The molecule has 1 aliphatic heterocycles. The highest BCUT2D eigenvalue weighted by Crippen LogP contribution is 2.38. The van der Waals surface area contributed by atoms with E-state index in [4.69, 9.17) is 4.74 Å². The summed E-state index contributed by atoms with van der Waals surface area (Å²) in [5, 5.41) is 3.39. The van der Waals surface area contributed by atoms with Gasteiger partial charge in [-0.15, -0.1) is 0 Å². The monoisotopic (exact) mass is 275 g/mol. The van der Waals surface area contributed by atoms with Crippen LogP contribution in [0.25, 0.3) is 0 Å². The van der Waals surface area contributed by atoms with E-state index in [1.807, 2.05) is 0 Å². The van der Waals surface area contributed by atoms with Gasteiger partial charge in [0.25, 0.3) is 0 Å². The third-order valence-electron chi connectivity index (χ3n) is 4.16. The minimum Gasteiger partial charge on any atom is -0.375 e. The van der Waals surface area contributed by atoms with Crippen LogP contribution in [0.4, 0.5) is 0 Å². The Morgan fingerprint density at radius 2 is 2.00 bits per heavy atom. The smallest absolute Gasteiger partial charge is 0.148 e. The fourth-order valence-electron chi connectivity index (χ4n) is 3.19. The molecular weight excluding hydrogens is 250 g/mol. The number of hydrogen-bond donors (Lipinski definition) is 1. The number of rotatable bonds is 4. The van der Waals surface area contributed by atoms with E-state index in [0.29, 0.717) is 12.6 Å². The van der Waals surface area contributed by atoms with E-state index in [0.717, 1.165) is 19.4 Å². The van der Waals surface area contributed by atoms with Crippen LogP contribution < -0.4 is 5.32 Å². The lowest BCUT2D eigenvalue weighted by Crippen LogP contribution is -2.48. The molecule has 1 spiro atoms. The average Bonchev–Trinajstić information content (AvgIpc) is 2.28. The lowest BCUT2D eigenvalue weighted by Gasteiger charge is -2.43. The zero-order chi connectivity index (χ0) is 13.1. The van der Waals surface area contributed by atoms with Gasteiger partial charge < -0.3 is 10.1 Å². The molecule has 0 aromatic heterocycles. The SMILES string of the molecule is CS(=O)(=O)CCNC1CCOC2(CCCCC2)C1. The minimum absolute atomic E-state index is 0.0965. The van der Waals surface area contributed by atoms with E-state index < -0.39 is 9.84 Å². The van der Waals surface area contributed by atoms with E-state index in [2.05, 4.69) is 5.32 Å². The number of ether oxygens (including phenoxy) is 1. The van der Waals surface area contributed by atoms with Gasteiger partial charge in [0, 0.05) is 25.4 Å². The van der Waals surface area contributed by atoms with Gasteiger partial charge in [0.05, 0.1) is 11.4 Å². The van der Waals surface area contributed by atoms with Crippen molar-refractivity contribution in [1.82, 2.24) is 5.32 Å². The molecule has 1 heterocycles. The molecule has 106 valence electrons. The molecule has 1 aliphatic carbocycles. The Hall–Kier alpha value is -0.130. The van der Waals surface area contributed by atoms with Crippen LogP contribution in [0.15, 0.2) is 0 Å². The third-order valence-corrected chi connectivity index (χ3v) is 5.11. The van der Waals surface area contributed by atoms with Gasteiger partial charge in [-0.2, -0.15) is 0 Å². The fourth-order valence-corrected chi connectivity index (χ4v) is 3.68. The van der Waals surface area contributed by atoms with Crippen LogP contribution in [0.1, 0.15) is 44.9 Å². The summed E-state index contributed by atoms with van der Waals surface area (Å²) in [7, 11) is -2.85. The van der Waals surface area contributed by atoms with Crippen molar-refractivity contribution in [3.63, 3.8) is 0 Å². The van der Waals surface area contributed by atoms with Crippen molar-refractivity contribution in [1.29, 1.82) is 0 Å². The van der Waals surface area contributed by atoms with E-state index >= 15 is 0 Å². The van der Waals surface area contributed by atoms with Crippen molar-refractivity contribution < 1.29 is 13.2 Å². The Bertz CT molecular complexity index is 355. The first kappa shape index (κ1) is 14.3. The van der Waals surface area contributed by atoms with Crippen LogP contribution in [-0.2, 0) is 14.6 Å². The minimum atomic E-state index is -2.85. The van der Waals surface area contributed by atoms with E-state index in [1.54, 1.807) is 0 Å². The number of sulfone groups is 1. The van der Waals surface area contributed by atoms with Crippen molar-refractivity contribution in [2.45, 2.75) is 56.6 Å². The second-order valence-corrected chi connectivity index (χ2v) is 8.13. The molecule has 1 N–H and O–H groups in total. The van der Waals surface area contributed by atoms with Gasteiger partial charge in [0.15, 0.2) is 0 Å². The van der Waals surface area contributed by atoms with Gasteiger partial charge in [-0.1, -0.05) is 19.3 Å².